The zero-order valence-corrected chi connectivity index (χ0v) is 27.6. The molecule has 0 saturated carbocycles. The normalized spacial score (nSPS) is 12.9. The van der Waals surface area contributed by atoms with Gasteiger partial charge in [0.2, 0.25) is 0 Å². The highest BCUT2D eigenvalue weighted by atomic mass is 14.9. The van der Waals surface area contributed by atoms with E-state index in [9.17, 15) is 0 Å². The molecule has 0 unspecified atom stereocenters. The number of benzene rings is 7. The van der Waals surface area contributed by atoms with Crippen molar-refractivity contribution >= 4 is 10.8 Å². The number of fused-ring (bicyclic) bond motifs is 4. The van der Waals surface area contributed by atoms with E-state index in [4.69, 9.17) is 9.97 Å². The van der Waals surface area contributed by atoms with Crippen molar-refractivity contribution in [2.24, 2.45) is 0 Å². The molecule has 2 heteroatoms. The summed E-state index contributed by atoms with van der Waals surface area (Å²) < 4.78 is 0. The van der Waals surface area contributed by atoms with Gasteiger partial charge < -0.3 is 0 Å². The van der Waals surface area contributed by atoms with Gasteiger partial charge in [0.1, 0.15) is 0 Å². The second-order valence-electron chi connectivity index (χ2n) is 13.5. The Balaban J connectivity index is 1.26. The van der Waals surface area contributed by atoms with Crippen molar-refractivity contribution in [3.05, 3.63) is 181 Å². The van der Waals surface area contributed by atoms with Crippen molar-refractivity contribution in [2.45, 2.75) is 19.3 Å². The topological polar surface area (TPSA) is 25.8 Å². The van der Waals surface area contributed by atoms with Crippen LogP contribution in [0.5, 0.6) is 0 Å². The number of rotatable bonds is 5. The molecule has 0 fully saturated rings. The Morgan fingerprint density at radius 3 is 1.43 bits per heavy atom. The molecule has 8 aromatic rings. The third-order valence-corrected chi connectivity index (χ3v) is 10.0. The predicted octanol–water partition coefficient (Wildman–Crippen LogP) is 12.3. The lowest BCUT2D eigenvalue weighted by Gasteiger charge is -2.24. The van der Waals surface area contributed by atoms with Crippen LogP contribution < -0.4 is 0 Å². The first-order valence-corrected chi connectivity index (χ1v) is 16.9. The predicted molar refractivity (Wildman–Crippen MR) is 204 cm³/mol. The first-order chi connectivity index (χ1) is 24.0. The van der Waals surface area contributed by atoms with Crippen LogP contribution in [0.4, 0.5) is 0 Å². The van der Waals surface area contributed by atoms with Gasteiger partial charge in [-0.15, -0.1) is 0 Å². The highest BCUT2D eigenvalue weighted by Gasteiger charge is 2.38. The summed E-state index contributed by atoms with van der Waals surface area (Å²) >= 11 is 0. The van der Waals surface area contributed by atoms with Gasteiger partial charge in [0.05, 0.1) is 11.4 Å². The van der Waals surface area contributed by atoms with E-state index in [0.717, 1.165) is 45.0 Å². The fourth-order valence-electron chi connectivity index (χ4n) is 7.59. The molecule has 2 nitrogen and oxygen atoms in total. The summed E-state index contributed by atoms with van der Waals surface area (Å²) in [5, 5.41) is 2.52. The SMILES string of the molecule is CC1(C)c2cc3ccccc3cc2-c2cccc(-c3nc(-c4cccc(-c5ccccc5)c4)cc(-c4cccc(-c5ccccc5)c4)n3)c21. The lowest BCUT2D eigenvalue weighted by Crippen LogP contribution is -2.17. The molecule has 1 heterocycles. The Morgan fingerprint density at radius 1 is 0.367 bits per heavy atom. The lowest BCUT2D eigenvalue weighted by atomic mass is 9.79. The molecule has 49 heavy (non-hydrogen) atoms. The third-order valence-electron chi connectivity index (χ3n) is 10.0. The number of aromatic nitrogens is 2. The standard InChI is InChI=1S/C47H34N2/c1-47(2)42-29-36-19-10-9-18-35(36)28-41(42)39-24-13-25-40(45(39)47)46-48-43(37-22-11-20-33(26-37)31-14-5-3-6-15-31)30-44(49-46)38-23-12-21-34(27-38)32-16-7-4-8-17-32/h3-30H,1-2H3. The van der Waals surface area contributed by atoms with E-state index in [1.807, 2.05) is 0 Å². The number of hydrogen-bond acceptors (Lipinski definition) is 2. The van der Waals surface area contributed by atoms with E-state index < -0.39 is 0 Å². The van der Waals surface area contributed by atoms with Crippen LogP contribution in [0.25, 0.3) is 78.1 Å². The Labute approximate surface area is 287 Å². The monoisotopic (exact) mass is 626 g/mol. The molecule has 7 aromatic carbocycles. The second-order valence-corrected chi connectivity index (χ2v) is 13.5. The smallest absolute Gasteiger partial charge is 0.160 e. The molecule has 232 valence electrons. The maximum atomic E-state index is 5.36. The maximum Gasteiger partial charge on any atom is 0.160 e. The zero-order chi connectivity index (χ0) is 33.0. The minimum absolute atomic E-state index is 0.231. The largest absolute Gasteiger partial charge is 0.228 e. The fraction of sp³-hybridized carbons (Fsp3) is 0.0638. The Hall–Kier alpha value is -6.12. The molecule has 1 aliphatic rings. The van der Waals surface area contributed by atoms with Crippen molar-refractivity contribution in [3.63, 3.8) is 0 Å². The van der Waals surface area contributed by atoms with Gasteiger partial charge in [-0.2, -0.15) is 0 Å². The molecular formula is C47H34N2. The summed E-state index contributed by atoms with van der Waals surface area (Å²) in [5.74, 6) is 0.741. The van der Waals surface area contributed by atoms with Crippen LogP contribution in [-0.2, 0) is 5.41 Å². The summed E-state index contributed by atoms with van der Waals surface area (Å²) in [6, 6.07) is 60.6. The third kappa shape index (κ3) is 5.05. The number of hydrogen-bond donors (Lipinski definition) is 0. The van der Waals surface area contributed by atoms with Crippen LogP contribution >= 0.6 is 0 Å². The molecule has 9 rings (SSSR count). The van der Waals surface area contributed by atoms with E-state index in [0.29, 0.717) is 0 Å². The molecule has 0 spiro atoms. The van der Waals surface area contributed by atoms with Gasteiger partial charge in [-0.25, -0.2) is 9.97 Å². The Bertz CT molecular complexity index is 2410. The van der Waals surface area contributed by atoms with Crippen LogP contribution in [0, 0.1) is 0 Å². The van der Waals surface area contributed by atoms with Gasteiger partial charge in [0.25, 0.3) is 0 Å². The second kappa shape index (κ2) is 11.5. The Kier molecular flexibility index (Phi) is 6.84. The first kappa shape index (κ1) is 29.1. The van der Waals surface area contributed by atoms with Crippen LogP contribution in [0.3, 0.4) is 0 Å². The summed E-state index contributed by atoms with van der Waals surface area (Å²) in [6.45, 7) is 4.68. The molecule has 0 aliphatic heterocycles. The summed E-state index contributed by atoms with van der Waals surface area (Å²) in [4.78, 5) is 10.7. The van der Waals surface area contributed by atoms with Gasteiger partial charge in [0, 0.05) is 22.1 Å². The van der Waals surface area contributed by atoms with Crippen molar-refractivity contribution in [1.82, 2.24) is 9.97 Å². The minimum atomic E-state index is -0.231. The maximum absolute atomic E-state index is 5.36. The van der Waals surface area contributed by atoms with Crippen LogP contribution in [0.15, 0.2) is 170 Å². The van der Waals surface area contributed by atoms with Gasteiger partial charge in [-0.3, -0.25) is 0 Å². The molecular weight excluding hydrogens is 593 g/mol. The summed E-state index contributed by atoms with van der Waals surface area (Å²) in [6.07, 6.45) is 0. The summed E-state index contributed by atoms with van der Waals surface area (Å²) in [5.41, 5.74) is 14.6. The van der Waals surface area contributed by atoms with E-state index in [1.54, 1.807) is 0 Å². The van der Waals surface area contributed by atoms with E-state index in [2.05, 4.69) is 184 Å². The molecule has 1 aromatic heterocycles. The van der Waals surface area contributed by atoms with Gasteiger partial charge in [-0.05, 0) is 85.6 Å². The molecule has 0 radical (unpaired) electrons. The molecule has 0 bridgehead atoms. The number of nitrogens with zero attached hydrogens (tertiary/aromatic N) is 2. The van der Waals surface area contributed by atoms with Crippen LogP contribution in [0.2, 0.25) is 0 Å². The molecule has 1 aliphatic carbocycles. The van der Waals surface area contributed by atoms with Crippen LogP contribution in [-0.4, -0.2) is 9.97 Å². The average Bonchev–Trinajstić information content (AvgIpc) is 3.39. The minimum Gasteiger partial charge on any atom is -0.228 e. The van der Waals surface area contributed by atoms with Gasteiger partial charge in [-0.1, -0.05) is 153 Å². The summed E-state index contributed by atoms with van der Waals surface area (Å²) in [7, 11) is 0. The lowest BCUT2D eigenvalue weighted by molar-refractivity contribution is 0.662. The Morgan fingerprint density at radius 2 is 0.837 bits per heavy atom. The fourth-order valence-corrected chi connectivity index (χ4v) is 7.59. The molecule has 0 amide bonds. The van der Waals surface area contributed by atoms with Crippen molar-refractivity contribution < 1.29 is 0 Å². The highest BCUT2D eigenvalue weighted by molar-refractivity contribution is 5.95. The van der Waals surface area contributed by atoms with E-state index >= 15 is 0 Å². The molecule has 0 saturated heterocycles. The van der Waals surface area contributed by atoms with Crippen molar-refractivity contribution in [2.75, 3.05) is 0 Å². The van der Waals surface area contributed by atoms with Gasteiger partial charge >= 0.3 is 0 Å². The molecule has 0 atom stereocenters. The van der Waals surface area contributed by atoms with Crippen molar-refractivity contribution in [1.29, 1.82) is 0 Å². The quantitative estimate of drug-likeness (QED) is 0.190. The van der Waals surface area contributed by atoms with E-state index in [-0.39, 0.29) is 5.41 Å². The van der Waals surface area contributed by atoms with Crippen LogP contribution in [0.1, 0.15) is 25.0 Å². The molecule has 0 N–H and O–H groups in total. The van der Waals surface area contributed by atoms with Crippen molar-refractivity contribution in [3.8, 4) is 67.3 Å². The first-order valence-electron chi connectivity index (χ1n) is 16.9. The average molecular weight is 627 g/mol. The zero-order valence-electron chi connectivity index (χ0n) is 27.6. The van der Waals surface area contributed by atoms with Gasteiger partial charge in [0.15, 0.2) is 5.82 Å². The van der Waals surface area contributed by atoms with E-state index in [1.165, 1.54) is 44.2 Å². The highest BCUT2D eigenvalue weighted by Crippen LogP contribution is 2.53.